The van der Waals surface area contributed by atoms with Crippen LogP contribution < -0.4 is 15.5 Å². The van der Waals surface area contributed by atoms with Gasteiger partial charge in [0, 0.05) is 11.6 Å². The summed E-state index contributed by atoms with van der Waals surface area (Å²) in [6.07, 6.45) is 0.831. The number of likely N-dealkylation sites (N-methyl/N-ethyl adjacent to an activating group) is 1. The van der Waals surface area contributed by atoms with Crippen LogP contribution in [0.5, 0.6) is 0 Å². The van der Waals surface area contributed by atoms with Crippen LogP contribution in [0.15, 0.2) is 24.3 Å². The lowest BCUT2D eigenvalue weighted by atomic mass is 9.87. The van der Waals surface area contributed by atoms with Gasteiger partial charge in [-0.1, -0.05) is 52.0 Å². The number of hydrogen-bond acceptors (Lipinski definition) is 2. The zero-order valence-corrected chi connectivity index (χ0v) is 15.8. The van der Waals surface area contributed by atoms with Crippen molar-refractivity contribution >= 4 is 11.9 Å². The van der Waals surface area contributed by atoms with Crippen molar-refractivity contribution in [2.24, 2.45) is 0 Å². The molecular weight excluding hydrogens is 302 g/mol. The Balaban J connectivity index is 2.46. The van der Waals surface area contributed by atoms with Gasteiger partial charge in [-0.3, -0.25) is 10.1 Å². The highest BCUT2D eigenvalue weighted by molar-refractivity contribution is 5.94. The largest absolute Gasteiger partial charge is 0.335 e. The van der Waals surface area contributed by atoms with E-state index in [2.05, 4.69) is 55.7 Å². The summed E-state index contributed by atoms with van der Waals surface area (Å²) in [6, 6.07) is 8.14. The van der Waals surface area contributed by atoms with Crippen molar-refractivity contribution in [3.8, 4) is 0 Å². The number of imide groups is 1. The Bertz CT molecular complexity index is 547. The smallest absolute Gasteiger partial charge is 0.321 e. The fourth-order valence-corrected chi connectivity index (χ4v) is 2.34. The first-order valence-corrected chi connectivity index (χ1v) is 8.63. The second-order valence-corrected chi connectivity index (χ2v) is 7.59. The van der Waals surface area contributed by atoms with Crippen molar-refractivity contribution in [3.05, 3.63) is 35.4 Å². The second kappa shape index (κ2) is 8.83. The molecule has 5 heteroatoms. The molecule has 0 spiro atoms. The van der Waals surface area contributed by atoms with Crippen molar-refractivity contribution in [1.82, 2.24) is 10.6 Å². The number of carbonyl (C=O) groups excluding carboxylic acids is 2. The van der Waals surface area contributed by atoms with Crippen LogP contribution in [0.2, 0.25) is 0 Å². The molecule has 0 saturated heterocycles. The van der Waals surface area contributed by atoms with E-state index in [9.17, 15) is 9.59 Å². The Morgan fingerprint density at radius 3 is 2.25 bits per heavy atom. The van der Waals surface area contributed by atoms with Gasteiger partial charge in [-0.05, 0) is 24.3 Å². The third-order valence-corrected chi connectivity index (χ3v) is 4.03. The van der Waals surface area contributed by atoms with Crippen LogP contribution in [0.3, 0.4) is 0 Å². The first-order chi connectivity index (χ1) is 11.1. The molecule has 5 nitrogen and oxygen atoms in total. The average molecular weight is 334 g/mol. The predicted octanol–water partition coefficient (Wildman–Crippen LogP) is 1.62. The number of carbonyl (C=O) groups is 2. The molecule has 0 aliphatic carbocycles. The summed E-state index contributed by atoms with van der Waals surface area (Å²) >= 11 is 0. The van der Waals surface area contributed by atoms with Gasteiger partial charge in [-0.15, -0.1) is 0 Å². The number of urea groups is 1. The fraction of sp³-hybridized carbons (Fsp3) is 0.579. The van der Waals surface area contributed by atoms with Crippen LogP contribution in [-0.2, 0) is 16.8 Å². The van der Waals surface area contributed by atoms with Gasteiger partial charge in [0.25, 0.3) is 5.91 Å². The Kier molecular flexibility index (Phi) is 7.42. The number of benzene rings is 1. The molecule has 0 radical (unpaired) electrons. The van der Waals surface area contributed by atoms with Gasteiger partial charge in [0.2, 0.25) is 0 Å². The molecule has 24 heavy (non-hydrogen) atoms. The summed E-state index contributed by atoms with van der Waals surface area (Å²) in [6.45, 7) is 11.5. The molecule has 3 N–H and O–H groups in total. The van der Waals surface area contributed by atoms with Crippen LogP contribution in [0.1, 0.15) is 52.2 Å². The fourth-order valence-electron chi connectivity index (χ4n) is 2.34. The lowest BCUT2D eigenvalue weighted by Gasteiger charge is -2.20. The van der Waals surface area contributed by atoms with Crippen molar-refractivity contribution in [2.75, 3.05) is 13.6 Å². The maximum absolute atomic E-state index is 11.9. The number of nitrogens with one attached hydrogen (secondary N) is 3. The van der Waals surface area contributed by atoms with Crippen molar-refractivity contribution < 1.29 is 14.5 Å². The van der Waals surface area contributed by atoms with Crippen molar-refractivity contribution in [2.45, 2.75) is 59.0 Å². The molecule has 0 fully saturated rings. The molecule has 3 amide bonds. The number of hydrogen-bond donors (Lipinski definition) is 3. The molecule has 0 heterocycles. The summed E-state index contributed by atoms with van der Waals surface area (Å²) in [5, 5.41) is 5.10. The van der Waals surface area contributed by atoms with E-state index >= 15 is 0 Å². The lowest BCUT2D eigenvalue weighted by Crippen LogP contribution is -3.09. The molecule has 2 atom stereocenters. The van der Waals surface area contributed by atoms with Crippen LogP contribution in [-0.4, -0.2) is 31.6 Å². The zero-order chi connectivity index (χ0) is 18.3. The number of quaternary nitrogens is 1. The second-order valence-electron chi connectivity index (χ2n) is 7.59. The third-order valence-electron chi connectivity index (χ3n) is 4.03. The maximum atomic E-state index is 11.9. The first-order valence-electron chi connectivity index (χ1n) is 8.63. The summed E-state index contributed by atoms with van der Waals surface area (Å²) in [4.78, 5) is 24.6. The highest BCUT2D eigenvalue weighted by atomic mass is 16.2. The third kappa shape index (κ3) is 7.13. The van der Waals surface area contributed by atoms with Crippen LogP contribution >= 0.6 is 0 Å². The van der Waals surface area contributed by atoms with Gasteiger partial charge >= 0.3 is 6.03 Å². The Morgan fingerprint density at radius 1 is 1.17 bits per heavy atom. The molecule has 1 unspecified atom stereocenters. The Morgan fingerprint density at radius 2 is 1.75 bits per heavy atom. The van der Waals surface area contributed by atoms with Gasteiger partial charge in [0.1, 0.15) is 6.54 Å². The summed E-state index contributed by atoms with van der Waals surface area (Å²) in [5.74, 6) is -0.264. The number of rotatable bonds is 6. The molecule has 1 aromatic rings. The van der Waals surface area contributed by atoms with Gasteiger partial charge < -0.3 is 10.2 Å². The van der Waals surface area contributed by atoms with Crippen molar-refractivity contribution in [1.29, 1.82) is 0 Å². The lowest BCUT2D eigenvalue weighted by molar-refractivity contribution is -0.885. The summed E-state index contributed by atoms with van der Waals surface area (Å²) in [5.41, 5.74) is 2.61. The van der Waals surface area contributed by atoms with E-state index in [1.54, 1.807) is 0 Å². The van der Waals surface area contributed by atoms with E-state index in [1.165, 1.54) is 11.1 Å². The summed E-state index contributed by atoms with van der Waals surface area (Å²) < 4.78 is 0. The van der Waals surface area contributed by atoms with Gasteiger partial charge in [0.05, 0.1) is 7.05 Å². The SMILES string of the molecule is CC[C@H](C)NC(=O)NC(=O)C[NH+](C)Cc1ccc(C(C)(C)C)cc1. The zero-order valence-electron chi connectivity index (χ0n) is 15.8. The topological polar surface area (TPSA) is 62.6 Å². The minimum absolute atomic E-state index is 0.0595. The highest BCUT2D eigenvalue weighted by Crippen LogP contribution is 2.21. The molecule has 0 saturated carbocycles. The minimum Gasteiger partial charge on any atom is -0.335 e. The van der Waals surface area contributed by atoms with E-state index < -0.39 is 6.03 Å². The molecule has 0 aliphatic rings. The van der Waals surface area contributed by atoms with E-state index in [0.29, 0.717) is 0 Å². The average Bonchev–Trinajstić information content (AvgIpc) is 2.45. The quantitative estimate of drug-likeness (QED) is 0.740. The van der Waals surface area contributed by atoms with Gasteiger partial charge in [-0.2, -0.15) is 0 Å². The van der Waals surface area contributed by atoms with E-state index in [4.69, 9.17) is 0 Å². The normalized spacial score (nSPS) is 13.9. The molecule has 1 aromatic carbocycles. The maximum Gasteiger partial charge on any atom is 0.321 e. The minimum atomic E-state index is -0.420. The van der Waals surface area contributed by atoms with Crippen molar-refractivity contribution in [3.63, 3.8) is 0 Å². The molecule has 1 rings (SSSR count). The standard InChI is InChI=1S/C19H31N3O2/c1-7-14(2)20-18(24)21-17(23)13-22(6)12-15-8-10-16(11-9-15)19(3,4)5/h8-11,14H,7,12-13H2,1-6H3,(H2,20,21,23,24)/p+1/t14-/m0/s1. The monoisotopic (exact) mass is 334 g/mol. The molecular formula is C19H32N3O2+. The van der Waals surface area contributed by atoms with E-state index in [0.717, 1.165) is 17.9 Å². The van der Waals surface area contributed by atoms with Crippen LogP contribution in [0, 0.1) is 0 Å². The van der Waals surface area contributed by atoms with Crippen LogP contribution in [0.4, 0.5) is 4.79 Å². The van der Waals surface area contributed by atoms with E-state index in [1.807, 2.05) is 20.9 Å². The van der Waals surface area contributed by atoms with Crippen LogP contribution in [0.25, 0.3) is 0 Å². The number of amides is 3. The first kappa shape index (κ1) is 20.2. The molecule has 134 valence electrons. The predicted molar refractivity (Wildman–Crippen MR) is 97.0 cm³/mol. The highest BCUT2D eigenvalue weighted by Gasteiger charge is 2.16. The molecule has 0 bridgehead atoms. The Hall–Kier alpha value is -1.88. The molecule has 0 aliphatic heterocycles. The van der Waals surface area contributed by atoms with Gasteiger partial charge in [0.15, 0.2) is 6.54 Å². The Labute approximate surface area is 145 Å². The molecule has 0 aromatic heterocycles. The van der Waals surface area contributed by atoms with Gasteiger partial charge in [-0.25, -0.2) is 4.79 Å². The van der Waals surface area contributed by atoms with E-state index in [-0.39, 0.29) is 23.9 Å². The summed E-state index contributed by atoms with van der Waals surface area (Å²) in [7, 11) is 1.95.